The molecule has 2 amide bonds. The van der Waals surface area contributed by atoms with Gasteiger partial charge < -0.3 is 10.6 Å². The van der Waals surface area contributed by atoms with Crippen LogP contribution in [0.4, 0.5) is 11.4 Å². The fourth-order valence-corrected chi connectivity index (χ4v) is 2.16. The van der Waals surface area contributed by atoms with Crippen molar-refractivity contribution >= 4 is 23.2 Å². The molecule has 0 saturated carbocycles. The van der Waals surface area contributed by atoms with Crippen molar-refractivity contribution in [2.24, 2.45) is 0 Å². The molecule has 1 fully saturated rings. The molecule has 1 atom stereocenters. The normalized spacial score (nSPS) is 18.9. The Morgan fingerprint density at radius 3 is 2.89 bits per heavy atom. The number of nitriles is 1. The first-order valence-electron chi connectivity index (χ1n) is 5.96. The third kappa shape index (κ3) is 2.36. The molecular formula is C13H14N4O2. The number of imide groups is 1. The first-order valence-corrected chi connectivity index (χ1v) is 5.96. The molecule has 1 unspecified atom stereocenters. The van der Waals surface area contributed by atoms with E-state index in [2.05, 4.69) is 5.32 Å². The molecule has 6 nitrogen and oxygen atoms in total. The molecule has 1 heterocycles. The van der Waals surface area contributed by atoms with Gasteiger partial charge in [0.1, 0.15) is 12.1 Å². The van der Waals surface area contributed by atoms with E-state index in [4.69, 9.17) is 11.0 Å². The summed E-state index contributed by atoms with van der Waals surface area (Å²) in [5.41, 5.74) is 7.04. The largest absolute Gasteiger partial charge is 0.398 e. The molecule has 0 radical (unpaired) electrons. The van der Waals surface area contributed by atoms with Crippen molar-refractivity contribution in [3.8, 4) is 6.07 Å². The number of nitrogen functional groups attached to an aromatic ring is 1. The van der Waals surface area contributed by atoms with Gasteiger partial charge in [-0.25, -0.2) is 0 Å². The van der Waals surface area contributed by atoms with Gasteiger partial charge in [-0.15, -0.1) is 0 Å². The lowest BCUT2D eigenvalue weighted by molar-refractivity contribution is -0.132. The SMILES string of the molecule is CCC1C(=O)NC(=O)CN1c1ccc(N)c(C#N)c1. The predicted octanol–water partition coefficient (Wildman–Crippen LogP) is 0.382. The van der Waals surface area contributed by atoms with Crippen LogP contribution in [0.25, 0.3) is 0 Å². The lowest BCUT2D eigenvalue weighted by Crippen LogP contribution is -2.58. The smallest absolute Gasteiger partial charge is 0.249 e. The highest BCUT2D eigenvalue weighted by Crippen LogP contribution is 2.24. The monoisotopic (exact) mass is 258 g/mol. The molecule has 0 bridgehead atoms. The fourth-order valence-electron chi connectivity index (χ4n) is 2.16. The van der Waals surface area contributed by atoms with Crippen LogP contribution in [-0.4, -0.2) is 24.4 Å². The van der Waals surface area contributed by atoms with E-state index in [0.717, 1.165) is 0 Å². The maximum absolute atomic E-state index is 11.8. The number of hydrogen-bond acceptors (Lipinski definition) is 5. The Kier molecular flexibility index (Phi) is 3.38. The van der Waals surface area contributed by atoms with Crippen molar-refractivity contribution < 1.29 is 9.59 Å². The first kappa shape index (κ1) is 12.9. The summed E-state index contributed by atoms with van der Waals surface area (Å²) in [6.45, 7) is 1.97. The molecule has 1 saturated heterocycles. The predicted molar refractivity (Wildman–Crippen MR) is 70.1 cm³/mol. The van der Waals surface area contributed by atoms with Crippen molar-refractivity contribution in [3.05, 3.63) is 23.8 Å². The average Bonchev–Trinajstić information content (AvgIpc) is 2.38. The number of amides is 2. The fraction of sp³-hybridized carbons (Fsp3) is 0.308. The van der Waals surface area contributed by atoms with Crippen LogP contribution < -0.4 is 16.0 Å². The minimum Gasteiger partial charge on any atom is -0.398 e. The summed E-state index contributed by atoms with van der Waals surface area (Å²) in [6, 6.07) is 6.51. The number of carbonyl (C=O) groups is 2. The number of nitrogens with zero attached hydrogens (tertiary/aromatic N) is 2. The summed E-state index contributed by atoms with van der Waals surface area (Å²) in [7, 11) is 0. The van der Waals surface area contributed by atoms with Gasteiger partial charge in [0.25, 0.3) is 0 Å². The summed E-state index contributed by atoms with van der Waals surface area (Å²) in [6.07, 6.45) is 0.575. The summed E-state index contributed by atoms with van der Waals surface area (Å²) >= 11 is 0. The molecule has 2 rings (SSSR count). The molecular weight excluding hydrogens is 244 g/mol. The summed E-state index contributed by atoms with van der Waals surface area (Å²) in [5.74, 6) is -0.654. The van der Waals surface area contributed by atoms with Gasteiger partial charge in [-0.05, 0) is 24.6 Å². The topological polar surface area (TPSA) is 99.2 Å². The number of piperazine rings is 1. The van der Waals surface area contributed by atoms with Crippen LogP contribution in [0.1, 0.15) is 18.9 Å². The molecule has 3 N–H and O–H groups in total. The molecule has 0 aromatic heterocycles. The van der Waals surface area contributed by atoms with E-state index in [1.54, 1.807) is 23.1 Å². The molecule has 1 aromatic carbocycles. The van der Waals surface area contributed by atoms with Crippen LogP contribution in [0.5, 0.6) is 0 Å². The lowest BCUT2D eigenvalue weighted by Gasteiger charge is -2.35. The average molecular weight is 258 g/mol. The third-order valence-electron chi connectivity index (χ3n) is 3.13. The van der Waals surface area contributed by atoms with Gasteiger partial charge >= 0.3 is 0 Å². The van der Waals surface area contributed by atoms with Crippen LogP contribution in [0.15, 0.2) is 18.2 Å². The second-order valence-electron chi connectivity index (χ2n) is 4.35. The van der Waals surface area contributed by atoms with Crippen molar-refractivity contribution in [2.75, 3.05) is 17.2 Å². The van der Waals surface area contributed by atoms with Gasteiger partial charge in [0.05, 0.1) is 12.1 Å². The molecule has 6 heteroatoms. The van der Waals surface area contributed by atoms with Crippen molar-refractivity contribution in [2.45, 2.75) is 19.4 Å². The number of rotatable bonds is 2. The minimum absolute atomic E-state index is 0.0963. The maximum atomic E-state index is 11.8. The number of nitrogens with one attached hydrogen (secondary N) is 1. The minimum atomic E-state index is -0.409. The molecule has 1 aliphatic heterocycles. The van der Waals surface area contributed by atoms with Crippen molar-refractivity contribution in [1.82, 2.24) is 5.32 Å². The van der Waals surface area contributed by atoms with Crippen LogP contribution in [0.2, 0.25) is 0 Å². The van der Waals surface area contributed by atoms with Gasteiger partial charge in [-0.3, -0.25) is 14.9 Å². The molecule has 1 aromatic rings. The Bertz CT molecular complexity index is 576. The number of hydrogen-bond donors (Lipinski definition) is 2. The zero-order valence-electron chi connectivity index (χ0n) is 10.5. The molecule has 0 spiro atoms. The van der Waals surface area contributed by atoms with Gasteiger partial charge in [-0.1, -0.05) is 6.92 Å². The zero-order valence-corrected chi connectivity index (χ0v) is 10.5. The van der Waals surface area contributed by atoms with Gasteiger partial charge in [0, 0.05) is 11.4 Å². The Labute approximate surface area is 110 Å². The highest BCUT2D eigenvalue weighted by Gasteiger charge is 2.32. The van der Waals surface area contributed by atoms with Crippen molar-refractivity contribution in [3.63, 3.8) is 0 Å². The maximum Gasteiger partial charge on any atom is 0.249 e. The lowest BCUT2D eigenvalue weighted by atomic mass is 10.1. The summed E-state index contributed by atoms with van der Waals surface area (Å²) in [4.78, 5) is 25.0. The van der Waals surface area contributed by atoms with Crippen LogP contribution in [0, 0.1) is 11.3 Å². The molecule has 19 heavy (non-hydrogen) atoms. The second kappa shape index (κ2) is 4.98. The number of carbonyl (C=O) groups excluding carboxylic acids is 2. The Hall–Kier alpha value is -2.55. The van der Waals surface area contributed by atoms with Gasteiger partial charge in [0.15, 0.2) is 0 Å². The Balaban J connectivity index is 2.41. The van der Waals surface area contributed by atoms with E-state index in [1.165, 1.54) is 0 Å². The highest BCUT2D eigenvalue weighted by molar-refractivity contribution is 6.04. The molecule has 0 aliphatic carbocycles. The van der Waals surface area contributed by atoms with E-state index < -0.39 is 6.04 Å². The Morgan fingerprint density at radius 2 is 2.26 bits per heavy atom. The zero-order chi connectivity index (χ0) is 14.0. The summed E-state index contributed by atoms with van der Waals surface area (Å²) in [5, 5.41) is 11.3. The second-order valence-corrected chi connectivity index (χ2v) is 4.35. The van der Waals surface area contributed by atoms with Crippen LogP contribution in [-0.2, 0) is 9.59 Å². The van der Waals surface area contributed by atoms with Crippen LogP contribution >= 0.6 is 0 Å². The first-order chi connectivity index (χ1) is 9.06. The summed E-state index contributed by atoms with van der Waals surface area (Å²) < 4.78 is 0. The molecule has 98 valence electrons. The van der Waals surface area contributed by atoms with E-state index >= 15 is 0 Å². The molecule has 1 aliphatic rings. The number of anilines is 2. The van der Waals surface area contributed by atoms with E-state index in [-0.39, 0.29) is 18.4 Å². The van der Waals surface area contributed by atoms with E-state index in [9.17, 15) is 9.59 Å². The van der Waals surface area contributed by atoms with Gasteiger partial charge in [0.2, 0.25) is 11.8 Å². The third-order valence-corrected chi connectivity index (χ3v) is 3.13. The van der Waals surface area contributed by atoms with Crippen molar-refractivity contribution in [1.29, 1.82) is 5.26 Å². The highest BCUT2D eigenvalue weighted by atomic mass is 16.2. The Morgan fingerprint density at radius 1 is 1.53 bits per heavy atom. The number of nitrogens with two attached hydrogens (primary N) is 1. The number of benzene rings is 1. The standard InChI is InChI=1S/C13H14N4O2/c1-2-11-13(19)16-12(18)7-17(11)9-3-4-10(15)8(5-9)6-14/h3-5,11H,2,7,15H2,1H3,(H,16,18,19). The van der Waals surface area contributed by atoms with E-state index in [1.807, 2.05) is 13.0 Å². The van der Waals surface area contributed by atoms with E-state index in [0.29, 0.717) is 23.4 Å². The quantitative estimate of drug-likeness (QED) is 0.590. The van der Waals surface area contributed by atoms with Gasteiger partial charge in [-0.2, -0.15) is 5.26 Å². The van der Waals surface area contributed by atoms with Crippen LogP contribution in [0.3, 0.4) is 0 Å².